The van der Waals surface area contributed by atoms with Gasteiger partial charge in [-0.15, -0.1) is 12.4 Å². The predicted molar refractivity (Wildman–Crippen MR) is 101 cm³/mol. The number of nitrogens with zero attached hydrogens (tertiary/aromatic N) is 1. The van der Waals surface area contributed by atoms with Gasteiger partial charge in [-0.3, -0.25) is 9.59 Å². The Morgan fingerprint density at radius 2 is 2.04 bits per heavy atom. The summed E-state index contributed by atoms with van der Waals surface area (Å²) in [7, 11) is 0. The second-order valence-electron chi connectivity index (χ2n) is 6.44. The summed E-state index contributed by atoms with van der Waals surface area (Å²) in [6.45, 7) is 6.88. The van der Waals surface area contributed by atoms with Gasteiger partial charge in [-0.05, 0) is 25.6 Å². The Bertz CT molecular complexity index is 655. The Labute approximate surface area is 159 Å². The molecule has 2 amide bonds. The van der Waals surface area contributed by atoms with Crippen molar-refractivity contribution in [2.75, 3.05) is 37.7 Å². The summed E-state index contributed by atoms with van der Waals surface area (Å²) in [4.78, 5) is 26.4. The van der Waals surface area contributed by atoms with Gasteiger partial charge >= 0.3 is 0 Å². The van der Waals surface area contributed by atoms with Crippen LogP contribution in [-0.2, 0) is 9.59 Å². The summed E-state index contributed by atoms with van der Waals surface area (Å²) < 4.78 is 11.1. The lowest BCUT2D eigenvalue weighted by Crippen LogP contribution is -2.41. The van der Waals surface area contributed by atoms with Crippen LogP contribution in [0.3, 0.4) is 0 Å². The molecule has 7 nitrogen and oxygen atoms in total. The highest BCUT2D eigenvalue weighted by Gasteiger charge is 2.35. The molecule has 3 rings (SSSR count). The number of hydrogen-bond acceptors (Lipinski definition) is 5. The molecule has 2 heterocycles. The van der Waals surface area contributed by atoms with E-state index < -0.39 is 0 Å². The van der Waals surface area contributed by atoms with Gasteiger partial charge in [-0.2, -0.15) is 0 Å². The lowest BCUT2D eigenvalue weighted by Gasteiger charge is -2.22. The molecule has 2 aliphatic rings. The standard InChI is InChI=1S/C18H25N3O4.ClH/c1-3-19-12(2)10-20-18(23)13-8-17(22)21(11-13)14-4-5-15-16(9-14)25-7-6-24-15;/h4-5,9,12-13,19H,3,6-8,10-11H2,1-2H3,(H,20,23);1H/t12-,13?;/m1./s1. The van der Waals surface area contributed by atoms with Crippen LogP contribution in [0.4, 0.5) is 5.69 Å². The molecule has 1 saturated heterocycles. The van der Waals surface area contributed by atoms with Crippen molar-refractivity contribution in [2.24, 2.45) is 5.92 Å². The third-order valence-corrected chi connectivity index (χ3v) is 4.47. The van der Waals surface area contributed by atoms with E-state index in [-0.39, 0.29) is 42.6 Å². The summed E-state index contributed by atoms with van der Waals surface area (Å²) in [5.41, 5.74) is 0.741. The van der Waals surface area contributed by atoms with Gasteiger partial charge < -0.3 is 25.0 Å². The number of benzene rings is 1. The molecule has 0 aromatic heterocycles. The summed E-state index contributed by atoms with van der Waals surface area (Å²) in [5.74, 6) is 0.890. The number of amides is 2. The smallest absolute Gasteiger partial charge is 0.227 e. The lowest BCUT2D eigenvalue weighted by molar-refractivity contribution is -0.126. The Hall–Kier alpha value is -1.99. The van der Waals surface area contributed by atoms with Gasteiger partial charge in [0.1, 0.15) is 13.2 Å². The van der Waals surface area contributed by atoms with E-state index in [2.05, 4.69) is 10.6 Å². The summed E-state index contributed by atoms with van der Waals surface area (Å²) in [6.07, 6.45) is 0.232. The Kier molecular flexibility index (Phi) is 7.11. The minimum Gasteiger partial charge on any atom is -0.486 e. The first-order chi connectivity index (χ1) is 12.1. The van der Waals surface area contributed by atoms with Gasteiger partial charge in [-0.25, -0.2) is 0 Å². The molecule has 2 atom stereocenters. The minimum absolute atomic E-state index is 0. The topological polar surface area (TPSA) is 79.9 Å². The maximum atomic E-state index is 12.4. The number of nitrogens with one attached hydrogen (secondary N) is 2. The van der Waals surface area contributed by atoms with Crippen molar-refractivity contribution >= 4 is 29.9 Å². The molecule has 0 aliphatic carbocycles. The Morgan fingerprint density at radius 1 is 1.31 bits per heavy atom. The van der Waals surface area contributed by atoms with Gasteiger partial charge in [0, 0.05) is 37.3 Å². The second-order valence-corrected chi connectivity index (χ2v) is 6.44. The Balaban J connectivity index is 0.00000243. The molecule has 0 bridgehead atoms. The first-order valence-corrected chi connectivity index (χ1v) is 8.79. The fourth-order valence-electron chi connectivity index (χ4n) is 3.15. The summed E-state index contributed by atoms with van der Waals surface area (Å²) >= 11 is 0. The molecule has 1 unspecified atom stereocenters. The van der Waals surface area contributed by atoms with Gasteiger partial charge in [-0.1, -0.05) is 6.92 Å². The molecular weight excluding hydrogens is 358 g/mol. The van der Waals surface area contributed by atoms with Gasteiger partial charge in [0.15, 0.2) is 11.5 Å². The van der Waals surface area contributed by atoms with Crippen LogP contribution in [-0.4, -0.2) is 50.7 Å². The molecule has 2 N–H and O–H groups in total. The molecule has 26 heavy (non-hydrogen) atoms. The maximum Gasteiger partial charge on any atom is 0.227 e. The molecule has 1 fully saturated rings. The van der Waals surface area contributed by atoms with Crippen molar-refractivity contribution in [3.8, 4) is 11.5 Å². The number of likely N-dealkylation sites (N-methyl/N-ethyl adjacent to an activating group) is 1. The van der Waals surface area contributed by atoms with E-state index in [0.29, 0.717) is 37.8 Å². The number of ether oxygens (including phenoxy) is 2. The predicted octanol–water partition coefficient (Wildman–Crippen LogP) is 1.35. The van der Waals surface area contributed by atoms with E-state index in [1.54, 1.807) is 11.0 Å². The van der Waals surface area contributed by atoms with Crippen molar-refractivity contribution in [1.29, 1.82) is 0 Å². The van der Waals surface area contributed by atoms with E-state index in [1.807, 2.05) is 26.0 Å². The monoisotopic (exact) mass is 383 g/mol. The van der Waals surface area contributed by atoms with Crippen LogP contribution < -0.4 is 25.0 Å². The van der Waals surface area contributed by atoms with E-state index in [9.17, 15) is 9.59 Å². The largest absolute Gasteiger partial charge is 0.486 e. The van der Waals surface area contributed by atoms with Crippen molar-refractivity contribution in [2.45, 2.75) is 26.3 Å². The number of anilines is 1. The summed E-state index contributed by atoms with van der Waals surface area (Å²) in [6, 6.07) is 5.65. The van der Waals surface area contributed by atoms with E-state index >= 15 is 0 Å². The van der Waals surface area contributed by atoms with Gasteiger partial charge in [0.05, 0.1) is 5.92 Å². The number of halogens is 1. The van der Waals surface area contributed by atoms with Gasteiger partial charge in [0.2, 0.25) is 11.8 Å². The lowest BCUT2D eigenvalue weighted by atomic mass is 10.1. The molecule has 1 aromatic carbocycles. The van der Waals surface area contributed by atoms with Crippen LogP contribution >= 0.6 is 12.4 Å². The van der Waals surface area contributed by atoms with Crippen LogP contribution in [0.2, 0.25) is 0 Å². The van der Waals surface area contributed by atoms with Crippen molar-refractivity contribution in [3.63, 3.8) is 0 Å². The van der Waals surface area contributed by atoms with Crippen molar-refractivity contribution < 1.29 is 19.1 Å². The quantitative estimate of drug-likeness (QED) is 0.775. The van der Waals surface area contributed by atoms with Crippen LogP contribution in [0.15, 0.2) is 18.2 Å². The molecule has 8 heteroatoms. The molecule has 0 spiro atoms. The number of carbonyl (C=O) groups excluding carboxylic acids is 2. The SMILES string of the molecule is CCN[C@H](C)CNC(=O)C1CC(=O)N(c2ccc3c(c2)OCCO3)C1.Cl. The molecule has 0 saturated carbocycles. The zero-order chi connectivity index (χ0) is 17.8. The zero-order valence-corrected chi connectivity index (χ0v) is 15.9. The van der Waals surface area contributed by atoms with Crippen LogP contribution in [0, 0.1) is 5.92 Å². The molecular formula is C18H26ClN3O4. The third-order valence-electron chi connectivity index (χ3n) is 4.47. The number of rotatable bonds is 6. The average molecular weight is 384 g/mol. The van der Waals surface area contributed by atoms with Crippen LogP contribution in [0.25, 0.3) is 0 Å². The fourth-order valence-corrected chi connectivity index (χ4v) is 3.15. The highest BCUT2D eigenvalue weighted by Crippen LogP contribution is 2.35. The van der Waals surface area contributed by atoms with E-state index in [0.717, 1.165) is 12.2 Å². The highest BCUT2D eigenvalue weighted by atomic mass is 35.5. The van der Waals surface area contributed by atoms with E-state index in [1.165, 1.54) is 0 Å². The Morgan fingerprint density at radius 3 is 2.77 bits per heavy atom. The van der Waals surface area contributed by atoms with Crippen molar-refractivity contribution in [3.05, 3.63) is 18.2 Å². The molecule has 2 aliphatic heterocycles. The third kappa shape index (κ3) is 4.59. The summed E-state index contributed by atoms with van der Waals surface area (Å²) in [5, 5.41) is 6.17. The maximum absolute atomic E-state index is 12.4. The normalized spacial score (nSPS) is 19.7. The number of carbonyl (C=O) groups is 2. The second kappa shape index (κ2) is 9.09. The van der Waals surface area contributed by atoms with Crippen LogP contribution in [0.5, 0.6) is 11.5 Å². The number of hydrogen-bond donors (Lipinski definition) is 2. The highest BCUT2D eigenvalue weighted by molar-refractivity contribution is 6.00. The van der Waals surface area contributed by atoms with Crippen molar-refractivity contribution in [1.82, 2.24) is 10.6 Å². The van der Waals surface area contributed by atoms with E-state index in [4.69, 9.17) is 9.47 Å². The molecule has 0 radical (unpaired) electrons. The zero-order valence-electron chi connectivity index (χ0n) is 15.1. The first-order valence-electron chi connectivity index (χ1n) is 8.79. The average Bonchev–Trinajstić information content (AvgIpc) is 3.01. The molecule has 1 aromatic rings. The minimum atomic E-state index is -0.325. The fraction of sp³-hybridized carbons (Fsp3) is 0.556. The molecule has 144 valence electrons. The first kappa shape index (κ1) is 20.3. The van der Waals surface area contributed by atoms with Gasteiger partial charge in [0.25, 0.3) is 0 Å². The van der Waals surface area contributed by atoms with Crippen LogP contribution in [0.1, 0.15) is 20.3 Å². The number of fused-ring (bicyclic) bond motifs is 1.